The molecule has 23 heavy (non-hydrogen) atoms. The Morgan fingerprint density at radius 1 is 1.26 bits per heavy atom. The second-order valence-electron chi connectivity index (χ2n) is 5.00. The maximum absolute atomic E-state index is 13.9. The first kappa shape index (κ1) is 15.5. The van der Waals surface area contributed by atoms with Crippen LogP contribution in [-0.2, 0) is 5.60 Å². The molecule has 2 heterocycles. The van der Waals surface area contributed by atoms with E-state index in [1.807, 2.05) is 0 Å². The van der Waals surface area contributed by atoms with E-state index in [-0.39, 0.29) is 24.3 Å². The van der Waals surface area contributed by atoms with Crippen LogP contribution >= 0.6 is 0 Å². The Morgan fingerprint density at radius 3 is 2.74 bits per heavy atom. The quantitative estimate of drug-likeness (QED) is 0.860. The summed E-state index contributed by atoms with van der Waals surface area (Å²) < 4.78 is 59.4. The first-order chi connectivity index (χ1) is 10.8. The molecule has 1 aromatic carbocycles. The number of nitrogens with zero attached hydrogens (tertiary/aromatic N) is 1. The van der Waals surface area contributed by atoms with Crippen LogP contribution in [-0.4, -0.2) is 23.1 Å². The van der Waals surface area contributed by atoms with E-state index in [0.29, 0.717) is 5.75 Å². The summed E-state index contributed by atoms with van der Waals surface area (Å²) >= 11 is 0. The Hall–Kier alpha value is -2.35. The molecule has 1 aliphatic rings. The van der Waals surface area contributed by atoms with Crippen LogP contribution in [0.3, 0.4) is 0 Å². The molecule has 1 aliphatic heterocycles. The van der Waals surface area contributed by atoms with Gasteiger partial charge >= 0.3 is 6.36 Å². The van der Waals surface area contributed by atoms with E-state index in [1.165, 1.54) is 12.3 Å². The Labute approximate surface area is 128 Å². The molecule has 0 fully saturated rings. The number of hydrogen-bond donors (Lipinski definition) is 1. The maximum Gasteiger partial charge on any atom is 0.573 e. The third-order valence-corrected chi connectivity index (χ3v) is 3.52. The van der Waals surface area contributed by atoms with Crippen LogP contribution in [0, 0.1) is 5.82 Å². The summed E-state index contributed by atoms with van der Waals surface area (Å²) in [6.45, 7) is 0.164. The first-order valence-electron chi connectivity index (χ1n) is 6.66. The van der Waals surface area contributed by atoms with Gasteiger partial charge in [-0.25, -0.2) is 4.39 Å². The third kappa shape index (κ3) is 2.94. The van der Waals surface area contributed by atoms with Gasteiger partial charge < -0.3 is 14.6 Å². The predicted molar refractivity (Wildman–Crippen MR) is 70.4 cm³/mol. The summed E-state index contributed by atoms with van der Waals surface area (Å²) in [7, 11) is 0. The molecule has 2 aromatic rings. The number of pyridine rings is 1. The van der Waals surface area contributed by atoms with Crippen LogP contribution in [0.5, 0.6) is 11.5 Å². The van der Waals surface area contributed by atoms with Crippen molar-refractivity contribution in [3.05, 3.63) is 53.6 Å². The van der Waals surface area contributed by atoms with Crippen LogP contribution in [0.25, 0.3) is 0 Å². The molecule has 3 rings (SSSR count). The molecule has 0 saturated carbocycles. The fraction of sp³-hybridized carbons (Fsp3) is 0.267. The fourth-order valence-electron chi connectivity index (χ4n) is 2.49. The zero-order chi connectivity index (χ0) is 16.7. The van der Waals surface area contributed by atoms with E-state index >= 15 is 0 Å². The van der Waals surface area contributed by atoms with Crippen LogP contribution in [0.4, 0.5) is 17.6 Å². The molecule has 1 N–H and O–H groups in total. The molecule has 1 aromatic heterocycles. The third-order valence-electron chi connectivity index (χ3n) is 3.52. The zero-order valence-corrected chi connectivity index (χ0v) is 11.6. The molecule has 0 amide bonds. The Balaban J connectivity index is 2.01. The minimum absolute atomic E-state index is 0.0766. The lowest BCUT2D eigenvalue weighted by molar-refractivity contribution is -0.275. The van der Waals surface area contributed by atoms with Crippen LogP contribution in [0.2, 0.25) is 0 Å². The van der Waals surface area contributed by atoms with E-state index in [1.54, 1.807) is 12.1 Å². The molecular formula is C15H11F4NO3. The van der Waals surface area contributed by atoms with E-state index in [0.717, 1.165) is 12.1 Å². The molecule has 0 aliphatic carbocycles. The normalized spacial score (nSPS) is 20.6. The van der Waals surface area contributed by atoms with Crippen molar-refractivity contribution in [3.63, 3.8) is 0 Å². The van der Waals surface area contributed by atoms with Crippen LogP contribution in [0.1, 0.15) is 17.7 Å². The minimum Gasteiger partial charge on any atom is -0.491 e. The average Bonchev–Trinajstić information content (AvgIpc) is 2.48. The Kier molecular flexibility index (Phi) is 3.63. The number of halogens is 4. The summed E-state index contributed by atoms with van der Waals surface area (Å²) in [5.74, 6) is -1.84. The van der Waals surface area contributed by atoms with Crippen molar-refractivity contribution in [1.82, 2.24) is 4.98 Å². The van der Waals surface area contributed by atoms with E-state index in [4.69, 9.17) is 4.74 Å². The number of fused-ring (bicyclic) bond motifs is 1. The molecule has 1 unspecified atom stereocenters. The maximum atomic E-state index is 13.9. The smallest absolute Gasteiger partial charge is 0.491 e. The van der Waals surface area contributed by atoms with Gasteiger partial charge in [0.1, 0.15) is 17.0 Å². The largest absolute Gasteiger partial charge is 0.573 e. The standard InChI is InChI=1S/C15H11F4NO3/c16-10-8-9(3-4-11(10)23-15(17,18)19)14(21)5-7-22-12-2-1-6-20-13(12)14/h1-4,6,8,21H,5,7H2. The van der Waals surface area contributed by atoms with Crippen molar-refractivity contribution >= 4 is 0 Å². The Bertz CT molecular complexity index is 735. The van der Waals surface area contributed by atoms with Crippen molar-refractivity contribution in [2.24, 2.45) is 0 Å². The number of aliphatic hydroxyl groups is 1. The van der Waals surface area contributed by atoms with E-state index < -0.39 is 23.5 Å². The van der Waals surface area contributed by atoms with Crippen molar-refractivity contribution in [2.45, 2.75) is 18.4 Å². The van der Waals surface area contributed by atoms with E-state index in [9.17, 15) is 22.7 Å². The lowest BCUT2D eigenvalue weighted by Gasteiger charge is -2.33. The van der Waals surface area contributed by atoms with E-state index in [2.05, 4.69) is 9.72 Å². The SMILES string of the molecule is OC1(c2ccc(OC(F)(F)F)c(F)c2)CCOc2cccnc21. The number of aromatic nitrogens is 1. The monoisotopic (exact) mass is 329 g/mol. The minimum atomic E-state index is -4.99. The van der Waals surface area contributed by atoms with Gasteiger partial charge in [0.25, 0.3) is 0 Å². The Morgan fingerprint density at radius 2 is 2.04 bits per heavy atom. The summed E-state index contributed by atoms with van der Waals surface area (Å²) in [4.78, 5) is 4.05. The molecule has 0 bridgehead atoms. The van der Waals surface area contributed by atoms with Gasteiger partial charge in [-0.1, -0.05) is 6.07 Å². The van der Waals surface area contributed by atoms with Gasteiger partial charge in [-0.2, -0.15) is 0 Å². The first-order valence-corrected chi connectivity index (χ1v) is 6.66. The molecule has 4 nitrogen and oxygen atoms in total. The molecular weight excluding hydrogens is 318 g/mol. The summed E-state index contributed by atoms with van der Waals surface area (Å²) in [5.41, 5.74) is -1.38. The molecule has 0 radical (unpaired) electrons. The summed E-state index contributed by atoms with van der Waals surface area (Å²) in [6, 6.07) is 6.03. The zero-order valence-electron chi connectivity index (χ0n) is 11.6. The summed E-state index contributed by atoms with van der Waals surface area (Å²) in [5, 5.41) is 10.9. The molecule has 1 atom stereocenters. The topological polar surface area (TPSA) is 51.6 Å². The lowest BCUT2D eigenvalue weighted by Crippen LogP contribution is -2.35. The summed E-state index contributed by atoms with van der Waals surface area (Å²) in [6.07, 6.45) is -3.46. The fourth-order valence-corrected chi connectivity index (χ4v) is 2.49. The highest BCUT2D eigenvalue weighted by Crippen LogP contribution is 2.41. The predicted octanol–water partition coefficient (Wildman–Crippen LogP) is 3.14. The van der Waals surface area contributed by atoms with Gasteiger partial charge in [0.2, 0.25) is 0 Å². The molecule has 8 heteroatoms. The lowest BCUT2D eigenvalue weighted by atomic mass is 9.85. The van der Waals surface area contributed by atoms with Gasteiger partial charge in [-0.05, 0) is 29.8 Å². The number of rotatable bonds is 2. The van der Waals surface area contributed by atoms with Crippen molar-refractivity contribution in [2.75, 3.05) is 6.61 Å². The number of alkyl halides is 3. The van der Waals surface area contributed by atoms with Gasteiger partial charge in [0.05, 0.1) is 6.61 Å². The van der Waals surface area contributed by atoms with Crippen molar-refractivity contribution in [3.8, 4) is 11.5 Å². The highest BCUT2D eigenvalue weighted by Gasteiger charge is 2.40. The number of benzene rings is 1. The molecule has 122 valence electrons. The molecule has 0 saturated heterocycles. The second kappa shape index (κ2) is 5.38. The number of ether oxygens (including phenoxy) is 2. The van der Waals surface area contributed by atoms with Gasteiger partial charge in [0, 0.05) is 12.6 Å². The van der Waals surface area contributed by atoms with Gasteiger partial charge in [0.15, 0.2) is 11.6 Å². The number of hydrogen-bond acceptors (Lipinski definition) is 4. The molecule has 0 spiro atoms. The van der Waals surface area contributed by atoms with Gasteiger partial charge in [-0.15, -0.1) is 13.2 Å². The second-order valence-corrected chi connectivity index (χ2v) is 5.00. The highest BCUT2D eigenvalue weighted by molar-refractivity contribution is 5.43. The van der Waals surface area contributed by atoms with Crippen LogP contribution < -0.4 is 9.47 Å². The highest BCUT2D eigenvalue weighted by atomic mass is 19.4. The average molecular weight is 329 g/mol. The van der Waals surface area contributed by atoms with Crippen molar-refractivity contribution in [1.29, 1.82) is 0 Å². The van der Waals surface area contributed by atoms with Crippen molar-refractivity contribution < 1.29 is 32.1 Å². The van der Waals surface area contributed by atoms with Crippen LogP contribution in [0.15, 0.2) is 36.5 Å². The van der Waals surface area contributed by atoms with Gasteiger partial charge in [-0.3, -0.25) is 4.98 Å².